The molecule has 148 valence electrons. The maximum atomic E-state index is 12.9. The van der Waals surface area contributed by atoms with Gasteiger partial charge in [0.15, 0.2) is 0 Å². The van der Waals surface area contributed by atoms with Crippen LogP contribution in [0.25, 0.3) is 0 Å². The van der Waals surface area contributed by atoms with E-state index in [-0.39, 0.29) is 30.6 Å². The first-order valence-corrected chi connectivity index (χ1v) is 9.61. The van der Waals surface area contributed by atoms with Crippen molar-refractivity contribution >= 4 is 11.8 Å². The largest absolute Gasteiger partial charge is 0.352 e. The molecule has 2 amide bonds. The van der Waals surface area contributed by atoms with Crippen LogP contribution in [0.15, 0.2) is 48.5 Å². The molecular formula is C22H26FN3O2. The summed E-state index contributed by atoms with van der Waals surface area (Å²) in [5, 5.41) is 2.72. The smallest absolute Gasteiger partial charge is 0.251 e. The number of hydrogen-bond acceptors (Lipinski definition) is 3. The Morgan fingerprint density at radius 1 is 1.04 bits per heavy atom. The van der Waals surface area contributed by atoms with Gasteiger partial charge in [-0.05, 0) is 36.8 Å². The van der Waals surface area contributed by atoms with Gasteiger partial charge in [-0.15, -0.1) is 0 Å². The summed E-state index contributed by atoms with van der Waals surface area (Å²) in [5.41, 5.74) is 2.94. The van der Waals surface area contributed by atoms with Crippen molar-refractivity contribution in [3.63, 3.8) is 0 Å². The zero-order valence-electron chi connectivity index (χ0n) is 16.2. The molecule has 1 heterocycles. The van der Waals surface area contributed by atoms with Gasteiger partial charge in [0, 0.05) is 51.3 Å². The van der Waals surface area contributed by atoms with Gasteiger partial charge in [0.1, 0.15) is 5.82 Å². The fourth-order valence-corrected chi connectivity index (χ4v) is 3.37. The van der Waals surface area contributed by atoms with E-state index in [4.69, 9.17) is 0 Å². The number of benzene rings is 2. The van der Waals surface area contributed by atoms with Crippen molar-refractivity contribution < 1.29 is 14.0 Å². The zero-order chi connectivity index (χ0) is 19.9. The summed E-state index contributed by atoms with van der Waals surface area (Å²) in [6.07, 6.45) is 0.269. The fraction of sp³-hybridized carbons (Fsp3) is 0.364. The highest BCUT2D eigenvalue weighted by atomic mass is 19.1. The second-order valence-electron chi connectivity index (χ2n) is 7.16. The quantitative estimate of drug-likeness (QED) is 0.834. The standard InChI is InChI=1S/C22H26FN3O2/c1-17-3-2-4-18(15-17)16-25-11-13-26(14-12-25)21(27)9-10-24-22(28)19-5-7-20(23)8-6-19/h2-8,15H,9-14,16H2,1H3,(H,24,28). The van der Waals surface area contributed by atoms with E-state index < -0.39 is 0 Å². The molecule has 1 aliphatic rings. The predicted octanol–water partition coefficient (Wildman–Crippen LogP) is 2.60. The molecule has 0 radical (unpaired) electrons. The number of nitrogens with one attached hydrogen (secondary N) is 1. The summed E-state index contributed by atoms with van der Waals surface area (Å²) in [5.74, 6) is -0.626. The van der Waals surface area contributed by atoms with Crippen LogP contribution in [-0.2, 0) is 11.3 Å². The highest BCUT2D eigenvalue weighted by Crippen LogP contribution is 2.11. The molecule has 1 fully saturated rings. The van der Waals surface area contributed by atoms with Gasteiger partial charge in [-0.25, -0.2) is 4.39 Å². The van der Waals surface area contributed by atoms with Crippen molar-refractivity contribution in [1.82, 2.24) is 15.1 Å². The third-order valence-corrected chi connectivity index (χ3v) is 4.94. The molecule has 0 aliphatic carbocycles. The first kappa shape index (κ1) is 20.0. The lowest BCUT2D eigenvalue weighted by Crippen LogP contribution is -2.48. The Morgan fingerprint density at radius 2 is 1.75 bits per heavy atom. The first-order chi connectivity index (χ1) is 13.5. The molecule has 0 aromatic heterocycles. The van der Waals surface area contributed by atoms with Crippen LogP contribution >= 0.6 is 0 Å². The second kappa shape index (κ2) is 9.46. The minimum atomic E-state index is -0.381. The van der Waals surface area contributed by atoms with Gasteiger partial charge >= 0.3 is 0 Å². The van der Waals surface area contributed by atoms with Crippen LogP contribution in [0.4, 0.5) is 4.39 Å². The monoisotopic (exact) mass is 383 g/mol. The van der Waals surface area contributed by atoms with Gasteiger partial charge in [-0.3, -0.25) is 14.5 Å². The Balaban J connectivity index is 1.38. The van der Waals surface area contributed by atoms with Crippen LogP contribution in [0.5, 0.6) is 0 Å². The maximum absolute atomic E-state index is 12.9. The molecule has 0 saturated carbocycles. The number of carbonyl (C=O) groups is 2. The number of halogens is 1. The first-order valence-electron chi connectivity index (χ1n) is 9.61. The third-order valence-electron chi connectivity index (χ3n) is 4.94. The van der Waals surface area contributed by atoms with Gasteiger partial charge in [0.2, 0.25) is 5.91 Å². The Labute approximate surface area is 165 Å². The maximum Gasteiger partial charge on any atom is 0.251 e. The second-order valence-corrected chi connectivity index (χ2v) is 7.16. The molecule has 0 bridgehead atoms. The van der Waals surface area contributed by atoms with Crippen LogP contribution in [-0.4, -0.2) is 54.3 Å². The number of aryl methyl sites for hydroxylation is 1. The Hall–Kier alpha value is -2.73. The van der Waals surface area contributed by atoms with E-state index in [1.807, 2.05) is 4.90 Å². The zero-order valence-corrected chi connectivity index (χ0v) is 16.2. The van der Waals surface area contributed by atoms with Crippen LogP contribution in [0.2, 0.25) is 0 Å². The van der Waals surface area contributed by atoms with Crippen molar-refractivity contribution in [2.45, 2.75) is 19.9 Å². The molecule has 6 heteroatoms. The number of rotatable bonds is 6. The van der Waals surface area contributed by atoms with Crippen molar-refractivity contribution in [2.75, 3.05) is 32.7 Å². The van der Waals surface area contributed by atoms with Gasteiger partial charge in [0.05, 0.1) is 0 Å². The van der Waals surface area contributed by atoms with E-state index in [9.17, 15) is 14.0 Å². The lowest BCUT2D eigenvalue weighted by atomic mass is 10.1. The van der Waals surface area contributed by atoms with E-state index in [1.54, 1.807) is 0 Å². The molecule has 0 atom stereocenters. The number of hydrogen-bond donors (Lipinski definition) is 1. The molecule has 1 aliphatic heterocycles. The number of piperazine rings is 1. The summed E-state index contributed by atoms with van der Waals surface area (Å²) in [6.45, 7) is 6.38. The average molecular weight is 383 g/mol. The van der Waals surface area contributed by atoms with Crippen LogP contribution in [0.1, 0.15) is 27.9 Å². The van der Waals surface area contributed by atoms with Gasteiger partial charge in [-0.2, -0.15) is 0 Å². The number of carbonyl (C=O) groups excluding carboxylic acids is 2. The van der Waals surface area contributed by atoms with E-state index in [1.165, 1.54) is 35.4 Å². The molecule has 3 rings (SSSR count). The lowest BCUT2D eigenvalue weighted by Gasteiger charge is -2.35. The van der Waals surface area contributed by atoms with Crippen molar-refractivity contribution in [3.8, 4) is 0 Å². The molecule has 1 saturated heterocycles. The summed E-state index contributed by atoms with van der Waals surface area (Å²) in [4.78, 5) is 28.6. The summed E-state index contributed by atoms with van der Waals surface area (Å²) in [7, 11) is 0. The van der Waals surface area contributed by atoms with Crippen molar-refractivity contribution in [3.05, 3.63) is 71.0 Å². The van der Waals surface area contributed by atoms with Crippen molar-refractivity contribution in [2.24, 2.45) is 0 Å². The Kier molecular flexibility index (Phi) is 6.76. The van der Waals surface area contributed by atoms with Gasteiger partial charge in [-0.1, -0.05) is 29.8 Å². The predicted molar refractivity (Wildman–Crippen MR) is 106 cm³/mol. The molecule has 0 unspecified atom stereocenters. The fourth-order valence-electron chi connectivity index (χ4n) is 3.37. The minimum Gasteiger partial charge on any atom is -0.352 e. The Morgan fingerprint density at radius 3 is 2.43 bits per heavy atom. The van der Waals surface area contributed by atoms with E-state index in [2.05, 4.69) is 41.4 Å². The van der Waals surface area contributed by atoms with E-state index in [0.717, 1.165) is 19.6 Å². The molecule has 5 nitrogen and oxygen atoms in total. The van der Waals surface area contributed by atoms with E-state index >= 15 is 0 Å². The van der Waals surface area contributed by atoms with Crippen LogP contribution in [0, 0.1) is 12.7 Å². The summed E-state index contributed by atoms with van der Waals surface area (Å²) >= 11 is 0. The van der Waals surface area contributed by atoms with Gasteiger partial charge < -0.3 is 10.2 Å². The van der Waals surface area contributed by atoms with Crippen LogP contribution < -0.4 is 5.32 Å². The minimum absolute atomic E-state index is 0.0506. The Bertz CT molecular complexity index is 815. The summed E-state index contributed by atoms with van der Waals surface area (Å²) < 4.78 is 12.9. The molecule has 1 N–H and O–H groups in total. The average Bonchev–Trinajstić information content (AvgIpc) is 2.69. The van der Waals surface area contributed by atoms with E-state index in [0.29, 0.717) is 18.7 Å². The van der Waals surface area contributed by atoms with Gasteiger partial charge in [0.25, 0.3) is 5.91 Å². The molecule has 2 aromatic carbocycles. The molecular weight excluding hydrogens is 357 g/mol. The topological polar surface area (TPSA) is 52.6 Å². The highest BCUT2D eigenvalue weighted by Gasteiger charge is 2.21. The summed E-state index contributed by atoms with van der Waals surface area (Å²) in [6, 6.07) is 13.8. The SMILES string of the molecule is Cc1cccc(CN2CCN(C(=O)CCNC(=O)c3ccc(F)cc3)CC2)c1. The van der Waals surface area contributed by atoms with Crippen molar-refractivity contribution in [1.29, 1.82) is 0 Å². The number of nitrogens with zero attached hydrogens (tertiary/aromatic N) is 2. The number of amides is 2. The molecule has 2 aromatic rings. The van der Waals surface area contributed by atoms with Crippen LogP contribution in [0.3, 0.4) is 0 Å². The highest BCUT2D eigenvalue weighted by molar-refractivity contribution is 5.94. The molecule has 28 heavy (non-hydrogen) atoms. The third kappa shape index (κ3) is 5.63. The normalized spacial score (nSPS) is 14.7. The molecule has 0 spiro atoms. The lowest BCUT2D eigenvalue weighted by molar-refractivity contribution is -0.132.